The van der Waals surface area contributed by atoms with Crippen LogP contribution in [0.1, 0.15) is 29.3 Å². The number of benzene rings is 3. The fourth-order valence-electron chi connectivity index (χ4n) is 3.67. The van der Waals surface area contributed by atoms with E-state index in [-0.39, 0.29) is 40.5 Å². The molecule has 1 N–H and O–H groups in total. The molecule has 0 aliphatic rings. The Hall–Kier alpha value is -4.44. The van der Waals surface area contributed by atoms with Gasteiger partial charge in [-0.25, -0.2) is 14.2 Å². The Kier molecular flexibility index (Phi) is 6.89. The molecule has 9 nitrogen and oxygen atoms in total. The Morgan fingerprint density at radius 1 is 0.861 bits per heavy atom. The molecule has 0 unspecified atom stereocenters. The molecule has 0 aliphatic carbocycles. The highest BCUT2D eigenvalue weighted by Crippen LogP contribution is 2.28. The lowest BCUT2D eigenvalue weighted by Gasteiger charge is -2.16. The van der Waals surface area contributed by atoms with Crippen LogP contribution in [0.15, 0.2) is 94.6 Å². The first-order valence-corrected chi connectivity index (χ1v) is 12.3. The Balaban J connectivity index is 1.98. The van der Waals surface area contributed by atoms with Crippen molar-refractivity contribution in [3.63, 3.8) is 0 Å². The van der Waals surface area contributed by atoms with Gasteiger partial charge in [0.1, 0.15) is 10.7 Å². The highest BCUT2D eigenvalue weighted by atomic mass is 32.2. The van der Waals surface area contributed by atoms with Crippen LogP contribution in [-0.4, -0.2) is 34.6 Å². The molecule has 0 saturated carbocycles. The second-order valence-corrected chi connectivity index (χ2v) is 9.50. The number of rotatable bonds is 9. The van der Waals surface area contributed by atoms with Gasteiger partial charge in [0.05, 0.1) is 22.5 Å². The Bertz CT molecular complexity index is 1590. The van der Waals surface area contributed by atoms with Crippen LogP contribution in [0.2, 0.25) is 0 Å². The number of nitrogens with zero attached hydrogens (tertiary/aromatic N) is 2. The van der Waals surface area contributed by atoms with E-state index in [4.69, 9.17) is 4.18 Å². The summed E-state index contributed by atoms with van der Waals surface area (Å²) in [6.45, 7) is 1.37. The Labute approximate surface area is 206 Å². The number of carbonyl (C=O) groups is 2. The average Bonchev–Trinajstić information content (AvgIpc) is 3.14. The minimum absolute atomic E-state index is 0.00382. The van der Waals surface area contributed by atoms with Gasteiger partial charge in [-0.2, -0.15) is 8.42 Å². The summed E-state index contributed by atoms with van der Waals surface area (Å²) in [6, 6.07) is 21.9. The number of ketones is 1. The smallest absolute Gasteiger partial charge is 0.340 e. The number of Topliss-reactive ketones (excluding diaryl/α,β-unsaturated/α-hetero) is 1. The molecule has 184 valence electrons. The maximum atomic E-state index is 13.6. The highest BCUT2D eigenvalue weighted by Gasteiger charge is 2.29. The number of hydrogen-bond donors (Lipinski definition) is 1. The van der Waals surface area contributed by atoms with Gasteiger partial charge in [0, 0.05) is 6.42 Å². The van der Waals surface area contributed by atoms with E-state index in [9.17, 15) is 27.9 Å². The number of aromatic carboxylic acids is 1. The van der Waals surface area contributed by atoms with Crippen LogP contribution in [0.5, 0.6) is 5.88 Å². The lowest BCUT2D eigenvalue weighted by Crippen LogP contribution is -2.22. The number of aromatic nitrogens is 2. The first-order valence-electron chi connectivity index (χ1n) is 10.9. The summed E-state index contributed by atoms with van der Waals surface area (Å²) < 4.78 is 34.8. The third kappa shape index (κ3) is 4.98. The molecular weight excluding hydrogens is 484 g/mol. The monoisotopic (exact) mass is 506 g/mol. The van der Waals surface area contributed by atoms with Gasteiger partial charge in [0.25, 0.3) is 5.56 Å². The van der Waals surface area contributed by atoms with Crippen molar-refractivity contribution >= 4 is 21.9 Å². The van der Waals surface area contributed by atoms with Crippen molar-refractivity contribution in [1.82, 2.24) is 9.36 Å². The summed E-state index contributed by atoms with van der Waals surface area (Å²) in [5.74, 6) is -1.77. The molecule has 0 bridgehead atoms. The van der Waals surface area contributed by atoms with E-state index < -0.39 is 21.6 Å². The summed E-state index contributed by atoms with van der Waals surface area (Å²) in [4.78, 5) is 36.4. The van der Waals surface area contributed by atoms with Crippen LogP contribution in [0, 0.1) is 0 Å². The standard InChI is InChI=1S/C26H22N2O7S/c1-18(29)15-16-23-24(30)27(20-10-4-2-5-11-20)28(21-12-6-3-7-13-21)25(23)35-36(33,34)22-14-8-9-19(17-22)26(31)32/h2-14,17H,15-16H2,1H3,(H,31,32). The predicted molar refractivity (Wildman–Crippen MR) is 132 cm³/mol. The summed E-state index contributed by atoms with van der Waals surface area (Å²) in [5, 5.41) is 9.27. The normalized spacial score (nSPS) is 11.2. The van der Waals surface area contributed by atoms with Crippen molar-refractivity contribution in [3.05, 3.63) is 106 Å². The minimum Gasteiger partial charge on any atom is -0.478 e. The molecule has 3 aromatic carbocycles. The van der Waals surface area contributed by atoms with Gasteiger partial charge in [-0.05, 0) is 55.8 Å². The quantitative estimate of drug-likeness (QED) is 0.344. The summed E-state index contributed by atoms with van der Waals surface area (Å²) in [7, 11) is -4.57. The SMILES string of the molecule is CC(=O)CCc1c(OS(=O)(=O)c2cccc(C(=O)O)c2)n(-c2ccccc2)n(-c2ccccc2)c1=O. The van der Waals surface area contributed by atoms with Crippen LogP contribution in [0.4, 0.5) is 0 Å². The molecule has 0 amide bonds. The van der Waals surface area contributed by atoms with Crippen molar-refractivity contribution < 1.29 is 27.3 Å². The van der Waals surface area contributed by atoms with E-state index in [1.165, 1.54) is 34.5 Å². The number of para-hydroxylation sites is 2. The van der Waals surface area contributed by atoms with Gasteiger partial charge in [0.15, 0.2) is 0 Å². The molecule has 1 aromatic heterocycles. The van der Waals surface area contributed by atoms with Gasteiger partial charge in [0.2, 0.25) is 5.88 Å². The first-order chi connectivity index (χ1) is 17.2. The van der Waals surface area contributed by atoms with Gasteiger partial charge in [-0.15, -0.1) is 0 Å². The van der Waals surface area contributed by atoms with Gasteiger partial charge < -0.3 is 14.1 Å². The van der Waals surface area contributed by atoms with E-state index in [1.807, 2.05) is 0 Å². The van der Waals surface area contributed by atoms with Crippen LogP contribution >= 0.6 is 0 Å². The molecule has 0 saturated heterocycles. The van der Waals surface area contributed by atoms with Crippen molar-refractivity contribution in [2.24, 2.45) is 0 Å². The third-order valence-electron chi connectivity index (χ3n) is 5.39. The second-order valence-electron chi connectivity index (χ2n) is 7.96. The zero-order valence-corrected chi connectivity index (χ0v) is 20.0. The molecule has 4 aromatic rings. The molecule has 4 rings (SSSR count). The summed E-state index contributed by atoms with van der Waals surface area (Å²) in [6.07, 6.45) is -0.0609. The molecule has 0 aliphatic heterocycles. The van der Waals surface area contributed by atoms with Gasteiger partial charge in [-0.1, -0.05) is 42.5 Å². The summed E-state index contributed by atoms with van der Waals surface area (Å²) in [5.41, 5.74) is 0.109. The molecule has 0 radical (unpaired) electrons. The van der Waals surface area contributed by atoms with E-state index in [0.717, 1.165) is 6.07 Å². The first kappa shape index (κ1) is 24.7. The molecule has 0 atom stereocenters. The largest absolute Gasteiger partial charge is 0.478 e. The van der Waals surface area contributed by atoms with Gasteiger partial charge in [-0.3, -0.25) is 4.79 Å². The van der Waals surface area contributed by atoms with Crippen LogP contribution in [-0.2, 0) is 21.3 Å². The van der Waals surface area contributed by atoms with Crippen LogP contribution in [0.25, 0.3) is 11.4 Å². The van der Waals surface area contributed by atoms with E-state index in [1.54, 1.807) is 60.7 Å². The molecular formula is C26H22N2O7S. The van der Waals surface area contributed by atoms with Crippen LogP contribution in [0.3, 0.4) is 0 Å². The molecule has 10 heteroatoms. The fraction of sp³-hybridized carbons (Fsp3) is 0.115. The number of carboxylic acids is 1. The van der Waals surface area contributed by atoms with Gasteiger partial charge >= 0.3 is 16.1 Å². The minimum atomic E-state index is -4.57. The van der Waals surface area contributed by atoms with Crippen molar-refractivity contribution in [3.8, 4) is 17.3 Å². The predicted octanol–water partition coefficient (Wildman–Crippen LogP) is 3.62. The topological polar surface area (TPSA) is 125 Å². The molecule has 36 heavy (non-hydrogen) atoms. The number of carboxylic acid groups (broad SMARTS) is 1. The number of carbonyl (C=O) groups excluding carboxylic acids is 1. The van der Waals surface area contributed by atoms with E-state index in [0.29, 0.717) is 11.4 Å². The van der Waals surface area contributed by atoms with E-state index >= 15 is 0 Å². The Morgan fingerprint density at radius 2 is 1.44 bits per heavy atom. The number of hydrogen-bond acceptors (Lipinski definition) is 6. The summed E-state index contributed by atoms with van der Waals surface area (Å²) >= 11 is 0. The molecule has 1 heterocycles. The lowest BCUT2D eigenvalue weighted by molar-refractivity contribution is -0.116. The van der Waals surface area contributed by atoms with Crippen molar-refractivity contribution in [2.45, 2.75) is 24.7 Å². The zero-order valence-electron chi connectivity index (χ0n) is 19.2. The molecule has 0 spiro atoms. The average molecular weight is 507 g/mol. The lowest BCUT2D eigenvalue weighted by atomic mass is 10.1. The Morgan fingerprint density at radius 3 is 2.00 bits per heavy atom. The zero-order chi connectivity index (χ0) is 25.9. The fourth-order valence-corrected chi connectivity index (χ4v) is 4.66. The van der Waals surface area contributed by atoms with Crippen molar-refractivity contribution in [2.75, 3.05) is 0 Å². The van der Waals surface area contributed by atoms with Crippen LogP contribution < -0.4 is 9.74 Å². The maximum absolute atomic E-state index is 13.6. The maximum Gasteiger partial charge on any atom is 0.340 e. The van der Waals surface area contributed by atoms with Crippen molar-refractivity contribution in [1.29, 1.82) is 0 Å². The highest BCUT2D eigenvalue weighted by molar-refractivity contribution is 7.87. The molecule has 0 fully saturated rings. The van der Waals surface area contributed by atoms with E-state index in [2.05, 4.69) is 0 Å². The second kappa shape index (κ2) is 10.0. The third-order valence-corrected chi connectivity index (χ3v) is 6.60.